The van der Waals surface area contributed by atoms with Crippen LogP contribution in [0, 0.1) is 0 Å². The molecule has 4 heteroatoms. The van der Waals surface area contributed by atoms with Gasteiger partial charge in [0.1, 0.15) is 5.75 Å². The fraction of sp³-hybridized carbons (Fsp3) is 0.435. The maximum absolute atomic E-state index is 12.4. The van der Waals surface area contributed by atoms with Crippen LogP contribution >= 0.6 is 0 Å². The average Bonchev–Trinajstić information content (AvgIpc) is 3.20. The molecule has 27 heavy (non-hydrogen) atoms. The molecule has 0 spiro atoms. The molecule has 2 aromatic rings. The summed E-state index contributed by atoms with van der Waals surface area (Å²) in [6, 6.07) is 16.4. The lowest BCUT2D eigenvalue weighted by molar-refractivity contribution is -0.127. The van der Waals surface area contributed by atoms with E-state index in [4.69, 9.17) is 4.74 Å². The zero-order valence-electron chi connectivity index (χ0n) is 16.4. The number of para-hydroxylation sites is 1. The Kier molecular flexibility index (Phi) is 6.88. The van der Waals surface area contributed by atoms with Crippen molar-refractivity contribution in [2.75, 3.05) is 13.1 Å². The Balaban J connectivity index is 1.47. The van der Waals surface area contributed by atoms with E-state index in [1.165, 1.54) is 31.5 Å². The predicted molar refractivity (Wildman–Crippen MR) is 109 cm³/mol. The number of hydrogen-bond donors (Lipinski definition) is 1. The number of carbonyl (C=O) groups is 1. The molecule has 0 unspecified atom stereocenters. The van der Waals surface area contributed by atoms with Gasteiger partial charge in [-0.25, -0.2) is 0 Å². The molecule has 3 rings (SSSR count). The lowest BCUT2D eigenvalue weighted by atomic mass is 10.1. The van der Waals surface area contributed by atoms with Gasteiger partial charge in [0.25, 0.3) is 5.91 Å². The van der Waals surface area contributed by atoms with Gasteiger partial charge in [0, 0.05) is 13.1 Å². The highest BCUT2D eigenvalue weighted by Gasteiger charge is 2.16. The Morgan fingerprint density at radius 3 is 2.44 bits per heavy atom. The monoisotopic (exact) mass is 366 g/mol. The molecule has 1 saturated heterocycles. The van der Waals surface area contributed by atoms with Crippen molar-refractivity contribution in [2.24, 2.45) is 0 Å². The first-order chi connectivity index (χ1) is 13.2. The summed E-state index contributed by atoms with van der Waals surface area (Å²) in [6.45, 7) is 7.83. The van der Waals surface area contributed by atoms with Crippen molar-refractivity contribution in [1.82, 2.24) is 10.2 Å². The first kappa shape index (κ1) is 19.4. The van der Waals surface area contributed by atoms with Crippen LogP contribution in [0.5, 0.6) is 5.75 Å². The smallest absolute Gasteiger partial charge is 0.261 e. The van der Waals surface area contributed by atoms with Crippen LogP contribution in [0.4, 0.5) is 0 Å². The van der Waals surface area contributed by atoms with Crippen LogP contribution in [-0.4, -0.2) is 30.0 Å². The lowest BCUT2D eigenvalue weighted by Gasteiger charge is -2.17. The van der Waals surface area contributed by atoms with E-state index in [1.807, 2.05) is 24.3 Å². The van der Waals surface area contributed by atoms with E-state index in [-0.39, 0.29) is 5.91 Å². The Hall–Kier alpha value is -2.33. The molecular formula is C23H30N2O2. The molecule has 1 N–H and O–H groups in total. The molecule has 1 amide bonds. The van der Waals surface area contributed by atoms with Gasteiger partial charge in [0.05, 0.1) is 0 Å². The number of nitrogens with zero attached hydrogens (tertiary/aromatic N) is 1. The van der Waals surface area contributed by atoms with Gasteiger partial charge in [-0.15, -0.1) is 0 Å². The second-order valence-corrected chi connectivity index (χ2v) is 7.24. The molecule has 4 nitrogen and oxygen atoms in total. The number of aryl methyl sites for hydroxylation is 1. The molecule has 1 fully saturated rings. The topological polar surface area (TPSA) is 41.6 Å². The molecule has 2 aromatic carbocycles. The predicted octanol–water partition coefficient (Wildman–Crippen LogP) is 3.93. The Labute approximate surface area is 162 Å². The molecule has 0 saturated carbocycles. The van der Waals surface area contributed by atoms with Gasteiger partial charge in [-0.3, -0.25) is 9.69 Å². The van der Waals surface area contributed by atoms with Crippen LogP contribution < -0.4 is 10.1 Å². The van der Waals surface area contributed by atoms with Gasteiger partial charge in [-0.05, 0) is 62.0 Å². The van der Waals surface area contributed by atoms with Crippen LogP contribution in [0.25, 0.3) is 0 Å². The van der Waals surface area contributed by atoms with Gasteiger partial charge in [-0.1, -0.05) is 49.4 Å². The van der Waals surface area contributed by atoms with E-state index < -0.39 is 6.10 Å². The largest absolute Gasteiger partial charge is 0.481 e. The van der Waals surface area contributed by atoms with Crippen molar-refractivity contribution in [1.29, 1.82) is 0 Å². The van der Waals surface area contributed by atoms with Crippen LogP contribution in [-0.2, 0) is 24.3 Å². The summed E-state index contributed by atoms with van der Waals surface area (Å²) >= 11 is 0. The maximum atomic E-state index is 12.4. The Bertz CT molecular complexity index is 736. The van der Waals surface area contributed by atoms with Gasteiger partial charge in [0.2, 0.25) is 0 Å². The quantitative estimate of drug-likeness (QED) is 0.770. The van der Waals surface area contributed by atoms with Crippen molar-refractivity contribution < 1.29 is 9.53 Å². The van der Waals surface area contributed by atoms with E-state index in [0.717, 1.165) is 29.8 Å². The van der Waals surface area contributed by atoms with Crippen molar-refractivity contribution in [3.63, 3.8) is 0 Å². The SMILES string of the molecule is CCc1ccccc1O[C@H](C)C(=O)NCc1ccc(CN2CCCC2)cc1. The van der Waals surface area contributed by atoms with E-state index >= 15 is 0 Å². The first-order valence-corrected chi connectivity index (χ1v) is 9.98. The third-order valence-corrected chi connectivity index (χ3v) is 5.12. The van der Waals surface area contributed by atoms with Gasteiger partial charge >= 0.3 is 0 Å². The molecule has 0 radical (unpaired) electrons. The standard InChI is InChI=1S/C23H30N2O2/c1-3-21-8-4-5-9-22(21)27-18(2)23(26)24-16-19-10-12-20(13-11-19)17-25-14-6-7-15-25/h4-5,8-13,18H,3,6-7,14-17H2,1-2H3,(H,24,26)/t18-/m1/s1. The normalized spacial score (nSPS) is 15.5. The van der Waals surface area contributed by atoms with Crippen molar-refractivity contribution in [3.05, 3.63) is 65.2 Å². The van der Waals surface area contributed by atoms with Gasteiger partial charge < -0.3 is 10.1 Å². The summed E-state index contributed by atoms with van der Waals surface area (Å²) in [6.07, 6.45) is 2.99. The molecule has 144 valence electrons. The van der Waals surface area contributed by atoms with E-state index in [2.05, 4.69) is 41.4 Å². The highest BCUT2D eigenvalue weighted by atomic mass is 16.5. The number of benzene rings is 2. The molecule has 0 bridgehead atoms. The maximum Gasteiger partial charge on any atom is 0.261 e. The Morgan fingerprint density at radius 1 is 1.07 bits per heavy atom. The summed E-state index contributed by atoms with van der Waals surface area (Å²) in [5.74, 6) is 0.691. The van der Waals surface area contributed by atoms with Gasteiger partial charge in [-0.2, -0.15) is 0 Å². The zero-order chi connectivity index (χ0) is 19.1. The highest BCUT2D eigenvalue weighted by Crippen LogP contribution is 2.20. The summed E-state index contributed by atoms with van der Waals surface area (Å²) in [5.41, 5.74) is 3.56. The number of likely N-dealkylation sites (tertiary alicyclic amines) is 1. The van der Waals surface area contributed by atoms with Crippen LogP contribution in [0.3, 0.4) is 0 Å². The van der Waals surface area contributed by atoms with Crippen molar-refractivity contribution in [3.8, 4) is 5.75 Å². The number of rotatable bonds is 8. The third-order valence-electron chi connectivity index (χ3n) is 5.12. The second kappa shape index (κ2) is 9.56. The minimum Gasteiger partial charge on any atom is -0.481 e. The summed E-state index contributed by atoms with van der Waals surface area (Å²) in [7, 11) is 0. The van der Waals surface area contributed by atoms with Crippen molar-refractivity contribution in [2.45, 2.75) is 52.3 Å². The van der Waals surface area contributed by atoms with Crippen LogP contribution in [0.2, 0.25) is 0 Å². The van der Waals surface area contributed by atoms with Crippen LogP contribution in [0.1, 0.15) is 43.4 Å². The van der Waals surface area contributed by atoms with E-state index in [1.54, 1.807) is 6.92 Å². The molecule has 1 atom stereocenters. The molecule has 1 aliphatic rings. The lowest BCUT2D eigenvalue weighted by Crippen LogP contribution is -2.36. The number of nitrogens with one attached hydrogen (secondary N) is 1. The third kappa shape index (κ3) is 5.57. The van der Waals surface area contributed by atoms with E-state index in [0.29, 0.717) is 6.54 Å². The summed E-state index contributed by atoms with van der Waals surface area (Å²) in [5, 5.41) is 2.97. The number of carbonyl (C=O) groups excluding carboxylic acids is 1. The zero-order valence-corrected chi connectivity index (χ0v) is 16.4. The van der Waals surface area contributed by atoms with Crippen LogP contribution in [0.15, 0.2) is 48.5 Å². The number of hydrogen-bond acceptors (Lipinski definition) is 3. The number of ether oxygens (including phenoxy) is 1. The molecule has 0 aromatic heterocycles. The molecule has 0 aliphatic carbocycles. The molecular weight excluding hydrogens is 336 g/mol. The van der Waals surface area contributed by atoms with E-state index in [9.17, 15) is 4.79 Å². The van der Waals surface area contributed by atoms with Crippen molar-refractivity contribution >= 4 is 5.91 Å². The minimum atomic E-state index is -0.521. The molecule has 1 heterocycles. The minimum absolute atomic E-state index is 0.0953. The molecule has 1 aliphatic heterocycles. The second-order valence-electron chi connectivity index (χ2n) is 7.24. The Morgan fingerprint density at radius 2 is 1.74 bits per heavy atom. The first-order valence-electron chi connectivity index (χ1n) is 9.98. The fourth-order valence-corrected chi connectivity index (χ4v) is 3.45. The summed E-state index contributed by atoms with van der Waals surface area (Å²) in [4.78, 5) is 14.9. The highest BCUT2D eigenvalue weighted by molar-refractivity contribution is 5.80. The number of amides is 1. The fourth-order valence-electron chi connectivity index (χ4n) is 3.45. The van der Waals surface area contributed by atoms with Gasteiger partial charge in [0.15, 0.2) is 6.10 Å². The average molecular weight is 367 g/mol. The summed E-state index contributed by atoms with van der Waals surface area (Å²) < 4.78 is 5.86.